The highest BCUT2D eigenvalue weighted by molar-refractivity contribution is 7.99. The first-order chi connectivity index (χ1) is 13.4. The smallest absolute Gasteiger partial charge is 0.344 e. The number of aryl methyl sites for hydroxylation is 1. The highest BCUT2D eigenvalue weighted by atomic mass is 32.2. The monoisotopic (exact) mass is 400 g/mol. The molecule has 1 fully saturated rings. The molecule has 3 rings (SSSR count). The van der Waals surface area contributed by atoms with E-state index >= 15 is 0 Å². The third-order valence-corrected chi connectivity index (χ3v) is 5.16. The molecule has 0 saturated carbocycles. The molecule has 1 aromatic heterocycles. The van der Waals surface area contributed by atoms with Crippen molar-refractivity contribution in [1.82, 2.24) is 25.7 Å². The molecule has 1 aliphatic heterocycles. The van der Waals surface area contributed by atoms with Crippen molar-refractivity contribution in [2.24, 2.45) is 0 Å². The topological polar surface area (TPSA) is 130 Å². The average Bonchev–Trinajstić information content (AvgIpc) is 2.91. The number of benzene rings is 1. The summed E-state index contributed by atoms with van der Waals surface area (Å²) < 4.78 is 0. The predicted molar refractivity (Wildman–Crippen MR) is 104 cm³/mol. The number of carbonyl (C=O) groups is 3. The second-order valence-corrected chi connectivity index (χ2v) is 7.18. The lowest BCUT2D eigenvalue weighted by Crippen LogP contribution is -2.49. The number of hydrazine groups is 1. The Labute approximate surface area is 166 Å². The second kappa shape index (κ2) is 7.85. The van der Waals surface area contributed by atoms with Crippen LogP contribution < -0.4 is 16.5 Å². The van der Waals surface area contributed by atoms with Crippen LogP contribution in [0.2, 0.25) is 0 Å². The second-order valence-electron chi connectivity index (χ2n) is 6.24. The number of thioether (sulfide) groups is 1. The number of nitrogens with two attached hydrogens (primary N) is 1. The van der Waals surface area contributed by atoms with Crippen molar-refractivity contribution in [3.8, 4) is 0 Å². The Morgan fingerprint density at radius 2 is 2.00 bits per heavy atom. The minimum atomic E-state index is -1.20. The van der Waals surface area contributed by atoms with Gasteiger partial charge in [-0.3, -0.25) is 15.0 Å². The average molecular weight is 400 g/mol. The Morgan fingerprint density at radius 1 is 1.29 bits per heavy atom. The van der Waals surface area contributed by atoms with Crippen molar-refractivity contribution >= 4 is 35.4 Å². The van der Waals surface area contributed by atoms with Crippen molar-refractivity contribution in [1.29, 1.82) is 0 Å². The maximum Gasteiger partial charge on any atom is 0.344 e. The number of nitrogen functional groups attached to an aromatic ring is 1. The van der Waals surface area contributed by atoms with Gasteiger partial charge in [0.2, 0.25) is 5.91 Å². The van der Waals surface area contributed by atoms with E-state index in [0.29, 0.717) is 28.7 Å². The summed E-state index contributed by atoms with van der Waals surface area (Å²) in [5.74, 6) is -0.831. The molecule has 4 N–H and O–H groups in total. The van der Waals surface area contributed by atoms with Gasteiger partial charge >= 0.3 is 6.03 Å². The van der Waals surface area contributed by atoms with Crippen molar-refractivity contribution in [2.75, 3.05) is 11.5 Å². The van der Waals surface area contributed by atoms with Gasteiger partial charge in [0.1, 0.15) is 11.4 Å². The van der Waals surface area contributed by atoms with Crippen molar-refractivity contribution < 1.29 is 14.4 Å². The van der Waals surface area contributed by atoms with Crippen LogP contribution in [0.1, 0.15) is 24.6 Å². The molecule has 4 amide bonds. The SMILES string of the molecule is CCC1(c2ccccc2)NC(=O)N(NC(=O)CSc2nc(C)cc(N)n2)C1=O. The summed E-state index contributed by atoms with van der Waals surface area (Å²) in [6.45, 7) is 3.56. The Kier molecular flexibility index (Phi) is 5.50. The summed E-state index contributed by atoms with van der Waals surface area (Å²) in [7, 11) is 0. The maximum absolute atomic E-state index is 12.9. The number of urea groups is 1. The van der Waals surface area contributed by atoms with E-state index in [4.69, 9.17) is 5.73 Å². The van der Waals surface area contributed by atoms with Crippen LogP contribution in [0.5, 0.6) is 0 Å². The zero-order chi connectivity index (χ0) is 20.3. The standard InChI is InChI=1S/C18H20N6O3S/c1-3-18(12-7-5-4-6-8-12)15(26)24(17(27)22-18)23-14(25)10-28-16-20-11(2)9-13(19)21-16/h4-9H,3,10H2,1-2H3,(H,22,27)(H,23,25)(H2,19,20,21). The number of hydrogen-bond acceptors (Lipinski definition) is 7. The van der Waals surface area contributed by atoms with Gasteiger partial charge in [0.25, 0.3) is 5.91 Å². The van der Waals surface area contributed by atoms with E-state index in [0.717, 1.165) is 16.8 Å². The Hall–Kier alpha value is -3.14. The van der Waals surface area contributed by atoms with E-state index in [1.165, 1.54) is 0 Å². The fourth-order valence-corrected chi connectivity index (χ4v) is 3.66. The van der Waals surface area contributed by atoms with E-state index in [-0.39, 0.29) is 5.75 Å². The number of amides is 4. The first kappa shape index (κ1) is 19.6. The summed E-state index contributed by atoms with van der Waals surface area (Å²) in [4.78, 5) is 45.8. The zero-order valence-electron chi connectivity index (χ0n) is 15.4. The maximum atomic E-state index is 12.9. The van der Waals surface area contributed by atoms with Crippen molar-refractivity contribution in [3.63, 3.8) is 0 Å². The molecule has 9 nitrogen and oxygen atoms in total. The van der Waals surface area contributed by atoms with E-state index in [9.17, 15) is 14.4 Å². The number of carbonyl (C=O) groups excluding carboxylic acids is 3. The third-order valence-electron chi connectivity index (χ3n) is 4.31. The molecular formula is C18H20N6O3S. The van der Waals surface area contributed by atoms with Crippen LogP contribution >= 0.6 is 11.8 Å². The van der Waals surface area contributed by atoms with E-state index in [1.54, 1.807) is 44.2 Å². The normalized spacial score (nSPS) is 18.9. The van der Waals surface area contributed by atoms with Crippen LogP contribution in [0.15, 0.2) is 41.6 Å². The van der Waals surface area contributed by atoms with Gasteiger partial charge in [-0.25, -0.2) is 14.8 Å². The molecule has 0 radical (unpaired) electrons. The molecule has 28 heavy (non-hydrogen) atoms. The van der Waals surface area contributed by atoms with Crippen LogP contribution in [0.3, 0.4) is 0 Å². The van der Waals surface area contributed by atoms with Gasteiger partial charge in [-0.2, -0.15) is 5.01 Å². The van der Waals surface area contributed by atoms with E-state index in [2.05, 4.69) is 20.7 Å². The van der Waals surface area contributed by atoms with Crippen LogP contribution in [-0.2, 0) is 15.1 Å². The van der Waals surface area contributed by atoms with Gasteiger partial charge in [0.15, 0.2) is 5.16 Å². The largest absolute Gasteiger partial charge is 0.384 e. The van der Waals surface area contributed by atoms with Gasteiger partial charge < -0.3 is 11.1 Å². The van der Waals surface area contributed by atoms with Gasteiger partial charge in [-0.05, 0) is 18.9 Å². The lowest BCUT2D eigenvalue weighted by molar-refractivity contribution is -0.138. The van der Waals surface area contributed by atoms with Crippen LogP contribution in [0, 0.1) is 6.92 Å². The van der Waals surface area contributed by atoms with E-state index < -0.39 is 23.4 Å². The fourth-order valence-electron chi connectivity index (χ4n) is 2.96. The first-order valence-electron chi connectivity index (χ1n) is 8.61. The molecule has 0 bridgehead atoms. The minimum Gasteiger partial charge on any atom is -0.384 e. The number of rotatable bonds is 6. The molecule has 2 aromatic rings. The summed E-state index contributed by atoms with van der Waals surface area (Å²) in [6.07, 6.45) is 0.346. The molecule has 2 heterocycles. The summed E-state index contributed by atoms with van der Waals surface area (Å²) in [5.41, 5.74) is 8.16. The predicted octanol–water partition coefficient (Wildman–Crippen LogP) is 1.35. The van der Waals surface area contributed by atoms with Crippen LogP contribution in [0.25, 0.3) is 0 Å². The first-order valence-corrected chi connectivity index (χ1v) is 9.60. The number of aromatic nitrogens is 2. The lowest BCUT2D eigenvalue weighted by atomic mass is 9.87. The number of nitrogens with zero attached hydrogens (tertiary/aromatic N) is 3. The van der Waals surface area contributed by atoms with Gasteiger partial charge in [0.05, 0.1) is 5.75 Å². The summed E-state index contributed by atoms with van der Waals surface area (Å²) in [6, 6.07) is 9.88. The number of imide groups is 1. The molecule has 1 aliphatic rings. The van der Waals surface area contributed by atoms with Crippen LogP contribution in [-0.4, -0.2) is 38.6 Å². The summed E-state index contributed by atoms with van der Waals surface area (Å²) >= 11 is 1.06. The lowest BCUT2D eigenvalue weighted by Gasteiger charge is -2.25. The van der Waals surface area contributed by atoms with Gasteiger partial charge in [-0.15, -0.1) is 0 Å². The molecule has 1 atom stereocenters. The quantitative estimate of drug-likeness (QED) is 0.379. The van der Waals surface area contributed by atoms with E-state index in [1.807, 2.05) is 6.07 Å². The number of nitrogens with one attached hydrogen (secondary N) is 2. The molecule has 0 aliphatic carbocycles. The number of hydrogen-bond donors (Lipinski definition) is 3. The molecule has 1 saturated heterocycles. The number of anilines is 1. The summed E-state index contributed by atoms with van der Waals surface area (Å²) in [5, 5.41) is 3.77. The van der Waals surface area contributed by atoms with Gasteiger partial charge in [-0.1, -0.05) is 49.0 Å². The zero-order valence-corrected chi connectivity index (χ0v) is 16.2. The van der Waals surface area contributed by atoms with Crippen LogP contribution in [0.4, 0.5) is 10.6 Å². The Morgan fingerprint density at radius 3 is 2.64 bits per heavy atom. The molecular weight excluding hydrogens is 380 g/mol. The molecule has 0 spiro atoms. The van der Waals surface area contributed by atoms with Crippen molar-refractivity contribution in [2.45, 2.75) is 31.0 Å². The Bertz CT molecular complexity index is 903. The molecule has 1 aromatic carbocycles. The molecule has 146 valence electrons. The van der Waals surface area contributed by atoms with Gasteiger partial charge in [0, 0.05) is 11.8 Å². The highest BCUT2D eigenvalue weighted by Gasteiger charge is 2.52. The molecule has 1 unspecified atom stereocenters. The third kappa shape index (κ3) is 3.77. The minimum absolute atomic E-state index is 0.0790. The highest BCUT2D eigenvalue weighted by Crippen LogP contribution is 2.31. The fraction of sp³-hybridized carbons (Fsp3) is 0.278. The Balaban J connectivity index is 1.69. The molecule has 10 heteroatoms. The van der Waals surface area contributed by atoms with Crippen molar-refractivity contribution in [3.05, 3.63) is 47.7 Å².